The molecule has 0 spiro atoms. The van der Waals surface area contributed by atoms with Crippen molar-refractivity contribution in [3.05, 3.63) is 30.3 Å². The van der Waals surface area contributed by atoms with Crippen LogP contribution in [0.3, 0.4) is 0 Å². The first-order chi connectivity index (χ1) is 8.34. The van der Waals surface area contributed by atoms with Gasteiger partial charge in [-0.15, -0.1) is 0 Å². The number of aliphatic carboxylic acids is 1. The molecule has 0 amide bonds. The fourth-order valence-electron chi connectivity index (χ4n) is 0.592. The van der Waals surface area contributed by atoms with E-state index in [9.17, 15) is 16.8 Å². The summed E-state index contributed by atoms with van der Waals surface area (Å²) >= 11 is 0. The van der Waals surface area contributed by atoms with Crippen molar-refractivity contribution in [2.75, 3.05) is 6.26 Å². The number of carboxylic acids is 1. The molecule has 0 fully saturated rings. The van der Waals surface area contributed by atoms with Gasteiger partial charge in [-0.2, -0.15) is 16.8 Å². The standard InChI is InChI=1S/C6H6O3S.C2H4O2.CH4O3S/c7-10(8,9)6-4-2-1-3-5-6;1-2(3)4;1-5(2,3)4/h1-5H,(H,7,8,9);1H3,(H,3,4);1H3,(H,2,3,4). The largest absolute Gasteiger partial charge is 0.481 e. The first-order valence-corrected chi connectivity index (χ1v) is 7.77. The molecule has 19 heavy (non-hydrogen) atoms. The Kier molecular flexibility index (Phi) is 8.96. The Labute approximate surface area is 111 Å². The predicted octanol–water partition coefficient (Wildman–Crippen LogP) is 0.528. The summed E-state index contributed by atoms with van der Waals surface area (Å²) in [6.45, 7) is 1.08. The third kappa shape index (κ3) is 22.2. The van der Waals surface area contributed by atoms with Crippen molar-refractivity contribution in [1.29, 1.82) is 0 Å². The van der Waals surface area contributed by atoms with Crippen LogP contribution in [0.4, 0.5) is 0 Å². The molecule has 0 saturated carbocycles. The lowest BCUT2D eigenvalue weighted by molar-refractivity contribution is -0.134. The minimum absolute atomic E-state index is 0.0741. The highest BCUT2D eigenvalue weighted by Gasteiger charge is 2.05. The van der Waals surface area contributed by atoms with Crippen LogP contribution >= 0.6 is 0 Å². The van der Waals surface area contributed by atoms with Crippen LogP contribution in [0.1, 0.15) is 6.92 Å². The van der Waals surface area contributed by atoms with E-state index in [0.717, 1.165) is 6.92 Å². The van der Waals surface area contributed by atoms with E-state index in [4.69, 9.17) is 19.0 Å². The lowest BCUT2D eigenvalue weighted by Crippen LogP contribution is -1.96. The smallest absolute Gasteiger partial charge is 0.300 e. The second-order valence-electron chi connectivity index (χ2n) is 3.04. The first kappa shape index (κ1) is 19.8. The fraction of sp³-hybridized carbons (Fsp3) is 0.222. The highest BCUT2D eigenvalue weighted by molar-refractivity contribution is 7.85. The molecule has 1 aromatic rings. The predicted molar refractivity (Wildman–Crippen MR) is 67.0 cm³/mol. The van der Waals surface area contributed by atoms with E-state index in [2.05, 4.69) is 0 Å². The van der Waals surface area contributed by atoms with E-state index in [1.54, 1.807) is 18.2 Å². The van der Waals surface area contributed by atoms with Crippen LogP contribution in [0.2, 0.25) is 0 Å². The molecule has 0 radical (unpaired) electrons. The summed E-state index contributed by atoms with van der Waals surface area (Å²) in [5, 5.41) is 7.42. The van der Waals surface area contributed by atoms with Gasteiger partial charge in [-0.1, -0.05) is 18.2 Å². The molecular weight excluding hydrogens is 300 g/mol. The molecule has 0 atom stereocenters. The maximum atomic E-state index is 10.4. The van der Waals surface area contributed by atoms with E-state index in [1.165, 1.54) is 12.1 Å². The number of hydrogen-bond donors (Lipinski definition) is 3. The molecule has 8 nitrogen and oxygen atoms in total. The zero-order valence-corrected chi connectivity index (χ0v) is 11.7. The molecule has 0 heterocycles. The van der Waals surface area contributed by atoms with Gasteiger partial charge in [0.15, 0.2) is 0 Å². The molecule has 3 N–H and O–H groups in total. The minimum Gasteiger partial charge on any atom is -0.481 e. The minimum atomic E-state index is -4.00. The van der Waals surface area contributed by atoms with Gasteiger partial charge in [-0.05, 0) is 12.1 Å². The second kappa shape index (κ2) is 8.58. The molecule has 0 bridgehead atoms. The molecule has 0 unspecified atom stereocenters. The van der Waals surface area contributed by atoms with Crippen molar-refractivity contribution in [1.82, 2.24) is 0 Å². The van der Waals surface area contributed by atoms with Crippen molar-refractivity contribution in [3.8, 4) is 0 Å². The number of rotatable bonds is 1. The summed E-state index contributed by atoms with van der Waals surface area (Å²) in [5.41, 5.74) is 0. The Morgan fingerprint density at radius 3 is 1.42 bits per heavy atom. The third-order valence-electron chi connectivity index (χ3n) is 1.04. The summed E-state index contributed by atoms with van der Waals surface area (Å²) in [6.07, 6.45) is 0.715. The highest BCUT2D eigenvalue weighted by atomic mass is 32.2. The van der Waals surface area contributed by atoms with Gasteiger partial charge in [0.1, 0.15) is 0 Å². The summed E-state index contributed by atoms with van der Waals surface area (Å²) in [4.78, 5) is 8.93. The zero-order valence-electron chi connectivity index (χ0n) is 10.1. The Morgan fingerprint density at radius 2 is 1.26 bits per heavy atom. The van der Waals surface area contributed by atoms with Crippen LogP contribution in [0, 0.1) is 0 Å². The number of carbonyl (C=O) groups is 1. The van der Waals surface area contributed by atoms with Gasteiger partial charge < -0.3 is 5.11 Å². The van der Waals surface area contributed by atoms with Crippen molar-refractivity contribution in [2.45, 2.75) is 11.8 Å². The summed E-state index contributed by atoms with van der Waals surface area (Å²) in [6, 6.07) is 7.42. The average Bonchev–Trinajstić information content (AvgIpc) is 2.14. The van der Waals surface area contributed by atoms with Gasteiger partial charge in [0.2, 0.25) is 0 Å². The van der Waals surface area contributed by atoms with Gasteiger partial charge in [0, 0.05) is 6.92 Å². The van der Waals surface area contributed by atoms with Crippen molar-refractivity contribution in [3.63, 3.8) is 0 Å². The maximum absolute atomic E-state index is 10.4. The van der Waals surface area contributed by atoms with Gasteiger partial charge in [0.25, 0.3) is 26.2 Å². The van der Waals surface area contributed by atoms with E-state index < -0.39 is 26.2 Å². The Bertz CT molecular complexity index is 562. The Balaban J connectivity index is 0. The molecule has 0 aliphatic carbocycles. The summed E-state index contributed by atoms with van der Waals surface area (Å²) in [7, 11) is -7.67. The van der Waals surface area contributed by atoms with Crippen LogP contribution in [0.15, 0.2) is 35.2 Å². The molecular formula is C9H14O8S2. The van der Waals surface area contributed by atoms with Crippen LogP contribution in [0.5, 0.6) is 0 Å². The van der Waals surface area contributed by atoms with Gasteiger partial charge in [-0.25, -0.2) is 0 Å². The lowest BCUT2D eigenvalue weighted by Gasteiger charge is -1.92. The first-order valence-electron chi connectivity index (χ1n) is 4.48. The maximum Gasteiger partial charge on any atom is 0.300 e. The van der Waals surface area contributed by atoms with Crippen molar-refractivity contribution < 1.29 is 35.8 Å². The highest BCUT2D eigenvalue weighted by Crippen LogP contribution is 2.05. The molecule has 10 heteroatoms. The normalized spacial score (nSPS) is 10.3. The quantitative estimate of drug-likeness (QED) is 0.636. The summed E-state index contributed by atoms with van der Waals surface area (Å²) < 4.78 is 55.1. The second-order valence-corrected chi connectivity index (χ2v) is 5.93. The molecule has 0 aliphatic heterocycles. The van der Waals surface area contributed by atoms with Crippen LogP contribution in [0.25, 0.3) is 0 Å². The molecule has 0 saturated heterocycles. The average molecular weight is 314 g/mol. The van der Waals surface area contributed by atoms with E-state index in [-0.39, 0.29) is 4.90 Å². The SMILES string of the molecule is CC(=O)O.CS(=O)(=O)O.O=S(=O)(O)c1ccccc1. The van der Waals surface area contributed by atoms with Gasteiger partial charge in [0.05, 0.1) is 11.2 Å². The summed E-state index contributed by atoms with van der Waals surface area (Å²) in [5.74, 6) is -0.833. The molecule has 0 aliphatic rings. The number of hydrogen-bond acceptors (Lipinski definition) is 5. The van der Waals surface area contributed by atoms with E-state index in [0.29, 0.717) is 6.26 Å². The van der Waals surface area contributed by atoms with Crippen molar-refractivity contribution in [2.24, 2.45) is 0 Å². The monoisotopic (exact) mass is 314 g/mol. The molecule has 1 aromatic carbocycles. The van der Waals surface area contributed by atoms with Crippen LogP contribution in [-0.4, -0.2) is 43.3 Å². The molecule has 0 aromatic heterocycles. The third-order valence-corrected chi connectivity index (χ3v) is 1.91. The topological polar surface area (TPSA) is 146 Å². The van der Waals surface area contributed by atoms with Gasteiger partial charge in [-0.3, -0.25) is 13.9 Å². The Morgan fingerprint density at radius 1 is 1.00 bits per heavy atom. The van der Waals surface area contributed by atoms with Crippen molar-refractivity contribution >= 4 is 26.2 Å². The lowest BCUT2D eigenvalue weighted by atomic mass is 10.4. The zero-order chi connectivity index (χ0) is 15.7. The fourth-order valence-corrected chi connectivity index (χ4v) is 1.09. The Hall–Kier alpha value is -1.49. The van der Waals surface area contributed by atoms with Gasteiger partial charge >= 0.3 is 0 Å². The van der Waals surface area contributed by atoms with Crippen LogP contribution < -0.4 is 0 Å². The number of carboxylic acid groups (broad SMARTS) is 1. The number of benzene rings is 1. The van der Waals surface area contributed by atoms with E-state index in [1.807, 2.05) is 0 Å². The van der Waals surface area contributed by atoms with Crippen LogP contribution in [-0.2, 0) is 25.0 Å². The molecule has 110 valence electrons. The van der Waals surface area contributed by atoms with E-state index >= 15 is 0 Å². The molecule has 1 rings (SSSR count).